The lowest BCUT2D eigenvalue weighted by Crippen LogP contribution is -2.19. The van der Waals surface area contributed by atoms with Crippen LogP contribution in [0, 0.1) is 5.92 Å². The molecule has 0 amide bonds. The van der Waals surface area contributed by atoms with Crippen LogP contribution in [0.1, 0.15) is 25.3 Å². The lowest BCUT2D eigenvalue weighted by atomic mass is 10.1. The Bertz CT molecular complexity index is 365. The van der Waals surface area contributed by atoms with Crippen molar-refractivity contribution in [2.45, 2.75) is 26.3 Å². The van der Waals surface area contributed by atoms with E-state index in [1.807, 2.05) is 12.1 Å². The minimum atomic E-state index is 0.511. The van der Waals surface area contributed by atoms with Crippen molar-refractivity contribution >= 4 is 17.3 Å². The van der Waals surface area contributed by atoms with Crippen LogP contribution in [-0.4, -0.2) is 13.1 Å². The number of hydrogen-bond donors (Lipinski definition) is 1. The minimum absolute atomic E-state index is 0.511. The molecule has 1 saturated heterocycles. The van der Waals surface area contributed by atoms with Crippen molar-refractivity contribution < 1.29 is 0 Å². The van der Waals surface area contributed by atoms with Crippen LogP contribution in [0.2, 0.25) is 5.02 Å². The van der Waals surface area contributed by atoms with Crippen molar-refractivity contribution in [3.05, 3.63) is 28.8 Å². The van der Waals surface area contributed by atoms with Crippen LogP contribution in [0.3, 0.4) is 0 Å². The molecule has 0 radical (unpaired) electrons. The van der Waals surface area contributed by atoms with E-state index in [2.05, 4.69) is 17.9 Å². The number of nitrogens with two attached hydrogens (primary N) is 1. The molecule has 1 unspecified atom stereocenters. The fourth-order valence-corrected chi connectivity index (χ4v) is 2.55. The molecule has 88 valence electrons. The van der Waals surface area contributed by atoms with E-state index in [0.717, 1.165) is 29.6 Å². The summed E-state index contributed by atoms with van der Waals surface area (Å²) in [6.45, 7) is 5.08. The summed E-state index contributed by atoms with van der Waals surface area (Å²) in [5.41, 5.74) is 7.86. The van der Waals surface area contributed by atoms with Gasteiger partial charge in [0.25, 0.3) is 0 Å². The van der Waals surface area contributed by atoms with Crippen LogP contribution >= 0.6 is 11.6 Å². The monoisotopic (exact) mass is 238 g/mol. The number of anilines is 1. The number of hydrogen-bond acceptors (Lipinski definition) is 2. The van der Waals surface area contributed by atoms with E-state index in [9.17, 15) is 0 Å². The number of halogens is 1. The zero-order chi connectivity index (χ0) is 11.5. The smallest absolute Gasteiger partial charge is 0.0471 e. The first-order valence-electron chi connectivity index (χ1n) is 5.98. The van der Waals surface area contributed by atoms with Gasteiger partial charge in [0.15, 0.2) is 0 Å². The molecular formula is C13H19ClN2. The Hall–Kier alpha value is -0.730. The summed E-state index contributed by atoms with van der Waals surface area (Å²) >= 11 is 6.17. The van der Waals surface area contributed by atoms with Crippen LogP contribution in [0.5, 0.6) is 0 Å². The molecule has 0 spiro atoms. The van der Waals surface area contributed by atoms with Crippen molar-refractivity contribution in [1.29, 1.82) is 0 Å². The summed E-state index contributed by atoms with van der Waals surface area (Å²) in [5.74, 6) is 0.841. The summed E-state index contributed by atoms with van der Waals surface area (Å²) < 4.78 is 0. The van der Waals surface area contributed by atoms with Crippen molar-refractivity contribution in [1.82, 2.24) is 0 Å². The maximum Gasteiger partial charge on any atom is 0.0471 e. The second-order valence-electron chi connectivity index (χ2n) is 4.49. The Morgan fingerprint density at radius 3 is 2.88 bits per heavy atom. The Balaban J connectivity index is 2.13. The molecule has 0 aromatic heterocycles. The predicted molar refractivity (Wildman–Crippen MR) is 70.0 cm³/mol. The molecule has 1 aliphatic rings. The second-order valence-corrected chi connectivity index (χ2v) is 4.90. The van der Waals surface area contributed by atoms with E-state index in [1.54, 1.807) is 0 Å². The number of nitrogens with zero attached hydrogens (tertiary/aromatic N) is 1. The topological polar surface area (TPSA) is 29.3 Å². The van der Waals surface area contributed by atoms with Gasteiger partial charge in [0.2, 0.25) is 0 Å². The van der Waals surface area contributed by atoms with Crippen LogP contribution in [-0.2, 0) is 6.54 Å². The van der Waals surface area contributed by atoms with E-state index in [-0.39, 0.29) is 0 Å². The van der Waals surface area contributed by atoms with E-state index in [1.165, 1.54) is 18.5 Å². The second kappa shape index (κ2) is 5.07. The van der Waals surface area contributed by atoms with Gasteiger partial charge >= 0.3 is 0 Å². The van der Waals surface area contributed by atoms with Crippen LogP contribution in [0.15, 0.2) is 18.2 Å². The number of rotatable bonds is 3. The van der Waals surface area contributed by atoms with Crippen LogP contribution < -0.4 is 10.6 Å². The Labute approximate surface area is 102 Å². The van der Waals surface area contributed by atoms with E-state index in [0.29, 0.717) is 6.54 Å². The fraction of sp³-hybridized carbons (Fsp3) is 0.538. The largest absolute Gasteiger partial charge is 0.371 e. The molecular weight excluding hydrogens is 220 g/mol. The molecule has 1 aromatic rings. The fourth-order valence-electron chi connectivity index (χ4n) is 2.30. The van der Waals surface area contributed by atoms with Gasteiger partial charge in [-0.25, -0.2) is 0 Å². The van der Waals surface area contributed by atoms with Gasteiger partial charge in [-0.2, -0.15) is 0 Å². The molecule has 0 aliphatic carbocycles. The maximum atomic E-state index is 6.17. The van der Waals surface area contributed by atoms with Gasteiger partial charge in [-0.3, -0.25) is 0 Å². The van der Waals surface area contributed by atoms with Gasteiger partial charge < -0.3 is 10.6 Å². The molecule has 2 rings (SSSR count). The molecule has 1 atom stereocenters. The van der Waals surface area contributed by atoms with Crippen molar-refractivity contribution in [3.63, 3.8) is 0 Å². The first-order chi connectivity index (χ1) is 7.74. The van der Waals surface area contributed by atoms with E-state index < -0.39 is 0 Å². The third-order valence-corrected chi connectivity index (χ3v) is 3.84. The van der Waals surface area contributed by atoms with Gasteiger partial charge in [-0.05, 0) is 30.0 Å². The normalized spacial score (nSPS) is 20.4. The highest BCUT2D eigenvalue weighted by Gasteiger charge is 2.21. The zero-order valence-electron chi connectivity index (χ0n) is 9.75. The van der Waals surface area contributed by atoms with Gasteiger partial charge in [0.1, 0.15) is 0 Å². The van der Waals surface area contributed by atoms with E-state index >= 15 is 0 Å². The first kappa shape index (κ1) is 11.7. The molecule has 0 saturated carbocycles. The molecule has 0 bridgehead atoms. The van der Waals surface area contributed by atoms with Gasteiger partial charge in [-0.1, -0.05) is 31.0 Å². The SMILES string of the molecule is CCC1CCN(c2ccc(CN)c(Cl)c2)C1. The Morgan fingerprint density at radius 2 is 2.31 bits per heavy atom. The van der Waals surface area contributed by atoms with Crippen LogP contribution in [0.4, 0.5) is 5.69 Å². The van der Waals surface area contributed by atoms with Gasteiger partial charge in [0.05, 0.1) is 0 Å². The van der Waals surface area contributed by atoms with Gasteiger partial charge in [0, 0.05) is 30.3 Å². The summed E-state index contributed by atoms with van der Waals surface area (Å²) in [6.07, 6.45) is 2.57. The highest BCUT2D eigenvalue weighted by Crippen LogP contribution is 2.28. The molecule has 1 aromatic carbocycles. The molecule has 1 fully saturated rings. The standard InChI is InChI=1S/C13H19ClN2/c1-2-10-5-6-16(9-10)12-4-3-11(8-15)13(14)7-12/h3-4,7,10H,2,5-6,8-9,15H2,1H3. The lowest BCUT2D eigenvalue weighted by molar-refractivity contribution is 0.569. The highest BCUT2D eigenvalue weighted by molar-refractivity contribution is 6.31. The van der Waals surface area contributed by atoms with Crippen molar-refractivity contribution in [2.24, 2.45) is 11.7 Å². The molecule has 2 N–H and O–H groups in total. The minimum Gasteiger partial charge on any atom is -0.371 e. The summed E-state index contributed by atoms with van der Waals surface area (Å²) in [6, 6.07) is 6.21. The van der Waals surface area contributed by atoms with Crippen LogP contribution in [0.25, 0.3) is 0 Å². The molecule has 2 nitrogen and oxygen atoms in total. The Kier molecular flexibility index (Phi) is 3.72. The first-order valence-corrected chi connectivity index (χ1v) is 6.35. The number of benzene rings is 1. The quantitative estimate of drug-likeness (QED) is 0.877. The third kappa shape index (κ3) is 2.33. The molecule has 1 heterocycles. The average Bonchev–Trinajstić information content (AvgIpc) is 2.77. The molecule has 3 heteroatoms. The summed E-state index contributed by atoms with van der Waals surface area (Å²) in [4.78, 5) is 2.42. The van der Waals surface area contributed by atoms with Gasteiger partial charge in [-0.15, -0.1) is 0 Å². The predicted octanol–water partition coefficient (Wildman–Crippen LogP) is 3.04. The third-order valence-electron chi connectivity index (χ3n) is 3.48. The average molecular weight is 239 g/mol. The zero-order valence-corrected chi connectivity index (χ0v) is 10.5. The summed E-state index contributed by atoms with van der Waals surface area (Å²) in [5, 5.41) is 0.792. The Morgan fingerprint density at radius 1 is 1.50 bits per heavy atom. The lowest BCUT2D eigenvalue weighted by Gasteiger charge is -2.19. The molecule has 1 aliphatic heterocycles. The maximum absolute atomic E-state index is 6.17. The van der Waals surface area contributed by atoms with Crippen molar-refractivity contribution in [2.75, 3.05) is 18.0 Å². The van der Waals surface area contributed by atoms with Crippen molar-refractivity contribution in [3.8, 4) is 0 Å². The summed E-state index contributed by atoms with van der Waals surface area (Å²) in [7, 11) is 0. The highest BCUT2D eigenvalue weighted by atomic mass is 35.5. The molecule has 16 heavy (non-hydrogen) atoms. The van der Waals surface area contributed by atoms with E-state index in [4.69, 9.17) is 17.3 Å².